The molecule has 1 unspecified atom stereocenters. The van der Waals surface area contributed by atoms with E-state index in [4.69, 9.17) is 0 Å². The van der Waals surface area contributed by atoms with Gasteiger partial charge in [-0.25, -0.2) is 4.98 Å². The highest BCUT2D eigenvalue weighted by atomic mass is 16.3. The van der Waals surface area contributed by atoms with Gasteiger partial charge in [0.25, 0.3) is 0 Å². The number of fused-ring (bicyclic) bond motifs is 1. The number of likely N-dealkylation sites (N-methyl/N-ethyl adjacent to an activating group) is 1. The van der Waals surface area contributed by atoms with E-state index < -0.39 is 5.60 Å². The molecular weight excluding hydrogens is 268 g/mol. The molecule has 0 spiro atoms. The molecule has 3 N–H and O–H groups in total. The molecule has 112 valence electrons. The van der Waals surface area contributed by atoms with Crippen molar-refractivity contribution >= 4 is 16.9 Å². The Kier molecular flexibility index (Phi) is 3.65. The molecule has 3 heterocycles. The first-order chi connectivity index (χ1) is 10.1. The summed E-state index contributed by atoms with van der Waals surface area (Å²) in [4.78, 5) is 21.4. The van der Waals surface area contributed by atoms with Crippen LogP contribution in [0.4, 0.5) is 0 Å². The molecular formula is C15H20N4O2. The highest BCUT2D eigenvalue weighted by Gasteiger charge is 2.34. The molecule has 0 saturated carbocycles. The number of pyridine rings is 1. The van der Waals surface area contributed by atoms with Crippen molar-refractivity contribution in [2.24, 2.45) is 0 Å². The zero-order chi connectivity index (χ0) is 14.9. The van der Waals surface area contributed by atoms with E-state index >= 15 is 0 Å². The van der Waals surface area contributed by atoms with Crippen molar-refractivity contribution in [3.63, 3.8) is 0 Å². The normalized spacial score (nSPS) is 22.8. The van der Waals surface area contributed by atoms with Gasteiger partial charge >= 0.3 is 0 Å². The first-order valence-electron chi connectivity index (χ1n) is 7.14. The maximum atomic E-state index is 12.1. The van der Waals surface area contributed by atoms with E-state index in [-0.39, 0.29) is 12.3 Å². The number of H-pyrrole nitrogens is 1. The summed E-state index contributed by atoms with van der Waals surface area (Å²) in [6.07, 6.45) is 4.52. The zero-order valence-electron chi connectivity index (χ0n) is 12.1. The molecule has 2 aromatic heterocycles. The molecule has 21 heavy (non-hydrogen) atoms. The molecule has 0 bridgehead atoms. The average Bonchev–Trinajstić information content (AvgIpc) is 3.02. The fourth-order valence-corrected chi connectivity index (χ4v) is 2.86. The Bertz CT molecular complexity index is 654. The summed E-state index contributed by atoms with van der Waals surface area (Å²) in [5, 5.41) is 14.1. The lowest BCUT2D eigenvalue weighted by Crippen LogP contribution is -2.45. The van der Waals surface area contributed by atoms with Crippen molar-refractivity contribution in [3.8, 4) is 0 Å². The predicted molar refractivity (Wildman–Crippen MR) is 79.9 cm³/mol. The molecule has 6 nitrogen and oxygen atoms in total. The Hall–Kier alpha value is -1.92. The molecule has 1 amide bonds. The smallest absolute Gasteiger partial charge is 0.224 e. The number of aromatic nitrogens is 2. The lowest BCUT2D eigenvalue weighted by Gasteiger charge is -2.22. The standard InChI is InChI=1S/C15H20N4O2/c1-19-6-4-15(21,10-19)9-18-13(20)7-11-8-17-14-12(11)3-2-5-16-14/h2-3,5,8,21H,4,6-7,9-10H2,1H3,(H,16,17)(H,18,20). The number of nitrogens with one attached hydrogen (secondary N) is 2. The fraction of sp³-hybridized carbons (Fsp3) is 0.467. The molecule has 2 aromatic rings. The van der Waals surface area contributed by atoms with Crippen molar-refractivity contribution in [1.29, 1.82) is 0 Å². The van der Waals surface area contributed by atoms with E-state index in [1.165, 1.54) is 0 Å². The van der Waals surface area contributed by atoms with Crippen LogP contribution in [0.15, 0.2) is 24.5 Å². The van der Waals surface area contributed by atoms with Crippen molar-refractivity contribution in [3.05, 3.63) is 30.1 Å². The maximum Gasteiger partial charge on any atom is 0.224 e. The lowest BCUT2D eigenvalue weighted by atomic mass is 10.0. The van der Waals surface area contributed by atoms with E-state index in [1.54, 1.807) is 6.20 Å². The van der Waals surface area contributed by atoms with E-state index in [1.807, 2.05) is 25.4 Å². The molecule has 1 atom stereocenters. The summed E-state index contributed by atoms with van der Waals surface area (Å²) in [6, 6.07) is 3.80. The second-order valence-corrected chi connectivity index (χ2v) is 5.88. The number of aliphatic hydroxyl groups is 1. The second kappa shape index (κ2) is 5.46. The zero-order valence-corrected chi connectivity index (χ0v) is 12.1. The summed E-state index contributed by atoms with van der Waals surface area (Å²) in [5.74, 6) is -0.0808. The number of aromatic amines is 1. The number of nitrogens with zero attached hydrogens (tertiary/aromatic N) is 2. The van der Waals surface area contributed by atoms with Gasteiger partial charge in [0.1, 0.15) is 5.65 Å². The first kappa shape index (κ1) is 14.0. The Morgan fingerprint density at radius 1 is 1.62 bits per heavy atom. The van der Waals surface area contributed by atoms with Crippen LogP contribution >= 0.6 is 0 Å². The molecule has 1 fully saturated rings. The van der Waals surface area contributed by atoms with Crippen LogP contribution in [0.2, 0.25) is 0 Å². The third kappa shape index (κ3) is 3.06. The van der Waals surface area contributed by atoms with Crippen LogP contribution in [-0.4, -0.2) is 58.2 Å². The van der Waals surface area contributed by atoms with Crippen LogP contribution in [0, 0.1) is 0 Å². The predicted octanol–water partition coefficient (Wildman–Crippen LogP) is 0.288. The average molecular weight is 288 g/mol. The molecule has 0 radical (unpaired) electrons. The van der Waals surface area contributed by atoms with Crippen molar-refractivity contribution < 1.29 is 9.90 Å². The molecule has 1 aliphatic heterocycles. The summed E-state index contributed by atoms with van der Waals surface area (Å²) in [7, 11) is 1.97. The lowest BCUT2D eigenvalue weighted by molar-refractivity contribution is -0.121. The number of hydrogen-bond acceptors (Lipinski definition) is 4. The van der Waals surface area contributed by atoms with Crippen molar-refractivity contribution in [1.82, 2.24) is 20.2 Å². The number of hydrogen-bond donors (Lipinski definition) is 3. The second-order valence-electron chi connectivity index (χ2n) is 5.88. The number of carbonyl (C=O) groups excluding carboxylic acids is 1. The summed E-state index contributed by atoms with van der Waals surface area (Å²) in [6.45, 7) is 1.77. The fourth-order valence-electron chi connectivity index (χ4n) is 2.86. The van der Waals surface area contributed by atoms with Gasteiger partial charge in [-0.3, -0.25) is 4.79 Å². The van der Waals surface area contributed by atoms with Gasteiger partial charge in [-0.05, 0) is 31.2 Å². The van der Waals surface area contributed by atoms with Gasteiger partial charge in [0.15, 0.2) is 0 Å². The van der Waals surface area contributed by atoms with Gasteiger partial charge < -0.3 is 20.3 Å². The van der Waals surface area contributed by atoms with E-state index in [0.29, 0.717) is 19.5 Å². The highest BCUT2D eigenvalue weighted by molar-refractivity contribution is 5.87. The third-order valence-electron chi connectivity index (χ3n) is 4.03. The molecule has 0 aliphatic carbocycles. The minimum atomic E-state index is -0.799. The minimum Gasteiger partial charge on any atom is -0.387 e. The van der Waals surface area contributed by atoms with Gasteiger partial charge in [0.2, 0.25) is 5.91 Å². The first-order valence-corrected chi connectivity index (χ1v) is 7.14. The topological polar surface area (TPSA) is 81.2 Å². The van der Waals surface area contributed by atoms with Gasteiger partial charge in [0, 0.05) is 37.4 Å². The van der Waals surface area contributed by atoms with Crippen LogP contribution in [-0.2, 0) is 11.2 Å². The molecule has 6 heteroatoms. The number of amides is 1. The largest absolute Gasteiger partial charge is 0.387 e. The quantitative estimate of drug-likeness (QED) is 0.755. The Labute approximate surface area is 123 Å². The number of rotatable bonds is 4. The van der Waals surface area contributed by atoms with Crippen LogP contribution in [0.3, 0.4) is 0 Å². The Morgan fingerprint density at radius 2 is 2.48 bits per heavy atom. The molecule has 0 aromatic carbocycles. The monoisotopic (exact) mass is 288 g/mol. The van der Waals surface area contributed by atoms with Crippen molar-refractivity contribution in [2.45, 2.75) is 18.4 Å². The number of likely N-dealkylation sites (tertiary alicyclic amines) is 1. The Balaban J connectivity index is 1.59. The summed E-state index contributed by atoms with van der Waals surface area (Å²) in [5.41, 5.74) is 0.911. The van der Waals surface area contributed by atoms with E-state index in [2.05, 4.69) is 20.2 Å². The molecule has 3 rings (SSSR count). The van der Waals surface area contributed by atoms with Crippen molar-refractivity contribution in [2.75, 3.05) is 26.7 Å². The molecule has 1 saturated heterocycles. The van der Waals surface area contributed by atoms with Crippen LogP contribution in [0.1, 0.15) is 12.0 Å². The highest BCUT2D eigenvalue weighted by Crippen LogP contribution is 2.19. The summed E-state index contributed by atoms with van der Waals surface area (Å²) >= 11 is 0. The van der Waals surface area contributed by atoms with Crippen LogP contribution < -0.4 is 5.32 Å². The number of carbonyl (C=O) groups is 1. The minimum absolute atomic E-state index is 0.0808. The van der Waals surface area contributed by atoms with E-state index in [9.17, 15) is 9.90 Å². The Morgan fingerprint density at radius 3 is 3.24 bits per heavy atom. The van der Waals surface area contributed by atoms with Gasteiger partial charge in [-0.15, -0.1) is 0 Å². The molecule has 1 aliphatic rings. The van der Waals surface area contributed by atoms with Crippen LogP contribution in [0.25, 0.3) is 11.0 Å². The maximum absolute atomic E-state index is 12.1. The van der Waals surface area contributed by atoms with Gasteiger partial charge in [-0.2, -0.15) is 0 Å². The van der Waals surface area contributed by atoms with E-state index in [0.717, 1.165) is 23.1 Å². The van der Waals surface area contributed by atoms with Gasteiger partial charge in [0.05, 0.1) is 12.0 Å². The third-order valence-corrected chi connectivity index (χ3v) is 4.03. The van der Waals surface area contributed by atoms with Crippen LogP contribution in [0.5, 0.6) is 0 Å². The van der Waals surface area contributed by atoms with Gasteiger partial charge in [-0.1, -0.05) is 0 Å². The number of β-amino-alcohol motifs (C(OH)–C–C–N with tert-alkyl or cyclic N) is 1. The SMILES string of the molecule is CN1CCC(O)(CNC(=O)Cc2c[nH]c3ncccc23)C1. The summed E-state index contributed by atoms with van der Waals surface area (Å²) < 4.78 is 0.